The zero-order valence-electron chi connectivity index (χ0n) is 14.0. The number of hydrogen-bond donors (Lipinski definition) is 1. The van der Waals surface area contributed by atoms with E-state index in [1.54, 1.807) is 6.20 Å². The zero-order valence-corrected chi connectivity index (χ0v) is 14.8. The lowest BCUT2D eigenvalue weighted by Gasteiger charge is -2.18. The van der Waals surface area contributed by atoms with E-state index in [9.17, 15) is 9.59 Å². The molecule has 132 valence electrons. The van der Waals surface area contributed by atoms with E-state index in [1.165, 1.54) is 0 Å². The number of thioether (sulfide) groups is 1. The summed E-state index contributed by atoms with van der Waals surface area (Å²) in [5.74, 6) is 1.65. The maximum Gasteiger partial charge on any atom is 0.277 e. The molecule has 1 unspecified atom stereocenters. The molecule has 0 saturated carbocycles. The number of aldehydes is 1. The molecule has 2 rings (SSSR count). The molecule has 25 heavy (non-hydrogen) atoms. The van der Waals surface area contributed by atoms with Crippen LogP contribution in [0.4, 0.5) is 10.6 Å². The van der Waals surface area contributed by atoms with Crippen molar-refractivity contribution in [2.75, 3.05) is 25.1 Å². The van der Waals surface area contributed by atoms with E-state index >= 15 is 0 Å². The Morgan fingerprint density at radius 3 is 2.68 bits per heavy atom. The van der Waals surface area contributed by atoms with Gasteiger partial charge < -0.3 is 20.2 Å². The quantitative estimate of drug-likeness (QED) is 0.693. The molecule has 0 bridgehead atoms. The molecule has 1 amide bonds. The number of pyridine rings is 1. The number of ether oxygens (including phenoxy) is 1. The van der Waals surface area contributed by atoms with E-state index in [2.05, 4.69) is 4.98 Å². The average Bonchev–Trinajstić information content (AvgIpc) is 2.62. The van der Waals surface area contributed by atoms with Crippen molar-refractivity contribution in [3.05, 3.63) is 54.2 Å². The second-order valence-electron chi connectivity index (χ2n) is 5.42. The molecule has 6 nitrogen and oxygen atoms in total. The number of aromatic nitrogens is 1. The summed E-state index contributed by atoms with van der Waals surface area (Å²) < 4.78 is 5.73. The van der Waals surface area contributed by atoms with Crippen LogP contribution in [-0.2, 0) is 11.2 Å². The molecule has 1 aromatic heterocycles. The van der Waals surface area contributed by atoms with Gasteiger partial charge in [-0.25, -0.2) is 4.98 Å². The summed E-state index contributed by atoms with van der Waals surface area (Å²) in [6, 6.07) is 13.3. The molecular formula is C18H21N3O3S. The third kappa shape index (κ3) is 6.46. The highest BCUT2D eigenvalue weighted by Gasteiger charge is 2.12. The minimum absolute atomic E-state index is 0.458. The van der Waals surface area contributed by atoms with Crippen LogP contribution in [0.3, 0.4) is 0 Å². The Morgan fingerprint density at radius 2 is 2.08 bits per heavy atom. The Bertz CT molecular complexity index is 680. The second kappa shape index (κ2) is 9.68. The van der Waals surface area contributed by atoms with E-state index in [-0.39, 0.29) is 0 Å². The minimum atomic E-state index is -0.547. The lowest BCUT2D eigenvalue weighted by molar-refractivity contribution is -0.107. The Kier molecular flexibility index (Phi) is 7.28. The van der Waals surface area contributed by atoms with Crippen LogP contribution in [0.2, 0.25) is 0 Å². The van der Waals surface area contributed by atoms with Crippen molar-refractivity contribution in [2.24, 2.45) is 5.73 Å². The Balaban J connectivity index is 1.80. The number of likely N-dealkylation sites (N-methyl/N-ethyl adjacent to an activating group) is 1. The summed E-state index contributed by atoms with van der Waals surface area (Å²) in [4.78, 5) is 28.2. The van der Waals surface area contributed by atoms with Crippen LogP contribution in [0, 0.1) is 0 Å². The first kappa shape index (κ1) is 18.8. The summed E-state index contributed by atoms with van der Waals surface area (Å²) in [6.45, 7) is 1.24. The Labute approximate surface area is 151 Å². The van der Waals surface area contributed by atoms with Crippen molar-refractivity contribution in [2.45, 2.75) is 11.7 Å². The fraction of sp³-hybridized carbons (Fsp3) is 0.278. The van der Waals surface area contributed by atoms with Gasteiger partial charge in [-0.1, -0.05) is 30.0 Å². The minimum Gasteiger partial charge on any atom is -0.492 e. The monoisotopic (exact) mass is 359 g/mol. The highest BCUT2D eigenvalue weighted by Crippen LogP contribution is 2.18. The topological polar surface area (TPSA) is 85.5 Å². The average molecular weight is 359 g/mol. The van der Waals surface area contributed by atoms with Crippen molar-refractivity contribution in [3.63, 3.8) is 0 Å². The molecule has 1 aromatic carbocycles. The molecule has 0 aliphatic carbocycles. The highest BCUT2D eigenvalue weighted by molar-refractivity contribution is 8.14. The lowest BCUT2D eigenvalue weighted by Crippen LogP contribution is -2.24. The van der Waals surface area contributed by atoms with Crippen molar-refractivity contribution in [1.82, 2.24) is 4.98 Å². The predicted molar refractivity (Wildman–Crippen MR) is 100 cm³/mol. The zero-order chi connectivity index (χ0) is 18.1. The Morgan fingerprint density at radius 1 is 1.32 bits per heavy atom. The molecule has 0 aliphatic heterocycles. The van der Waals surface area contributed by atoms with Crippen molar-refractivity contribution in [3.8, 4) is 5.75 Å². The molecule has 0 radical (unpaired) electrons. The number of anilines is 1. The molecular weight excluding hydrogens is 338 g/mol. The van der Waals surface area contributed by atoms with Crippen molar-refractivity contribution in [1.29, 1.82) is 0 Å². The van der Waals surface area contributed by atoms with Crippen molar-refractivity contribution < 1.29 is 14.3 Å². The van der Waals surface area contributed by atoms with E-state index in [4.69, 9.17) is 10.5 Å². The van der Waals surface area contributed by atoms with Gasteiger partial charge in [0, 0.05) is 13.2 Å². The fourth-order valence-electron chi connectivity index (χ4n) is 2.22. The number of carbonyl (C=O) groups is 2. The molecule has 7 heteroatoms. The number of carbonyl (C=O) groups excluding carboxylic acids is 2. The second-order valence-corrected chi connectivity index (χ2v) is 6.66. The van der Waals surface area contributed by atoms with Gasteiger partial charge in [-0.2, -0.15) is 0 Å². The number of amides is 1. The number of rotatable bonds is 9. The highest BCUT2D eigenvalue weighted by atomic mass is 32.2. The number of primary amides is 1. The molecule has 0 saturated heterocycles. The summed E-state index contributed by atoms with van der Waals surface area (Å²) in [5, 5.41) is -1.01. The SMILES string of the molecule is CN(CCOc1ccc(CC(C=O)SC(N)=O)cc1)c1ccccn1. The first-order valence-electron chi connectivity index (χ1n) is 7.84. The number of benzene rings is 1. The van der Waals surface area contributed by atoms with Crippen LogP contribution in [0.25, 0.3) is 0 Å². The van der Waals surface area contributed by atoms with Gasteiger partial charge in [-0.3, -0.25) is 4.79 Å². The van der Waals surface area contributed by atoms with Crippen LogP contribution in [-0.4, -0.2) is 42.0 Å². The van der Waals surface area contributed by atoms with Gasteiger partial charge >= 0.3 is 0 Å². The van der Waals surface area contributed by atoms with Crippen LogP contribution < -0.4 is 15.4 Å². The molecule has 2 N–H and O–H groups in total. The maximum absolute atomic E-state index is 11.0. The van der Waals surface area contributed by atoms with E-state index in [0.29, 0.717) is 19.6 Å². The first-order chi connectivity index (χ1) is 12.1. The standard InChI is InChI=1S/C18H21N3O3S/c1-21(17-4-2-3-9-20-17)10-11-24-15-7-5-14(6-8-15)12-16(13-22)25-18(19)23/h2-9,13,16H,10-12H2,1H3,(H2,19,23). The molecule has 1 heterocycles. The van der Waals surface area contributed by atoms with Gasteiger partial charge in [-0.05, 0) is 36.2 Å². The van der Waals surface area contributed by atoms with Crippen LogP contribution in [0.5, 0.6) is 5.75 Å². The number of nitrogens with zero attached hydrogens (tertiary/aromatic N) is 2. The van der Waals surface area contributed by atoms with Crippen LogP contribution >= 0.6 is 11.8 Å². The lowest BCUT2D eigenvalue weighted by atomic mass is 10.1. The van der Waals surface area contributed by atoms with Gasteiger partial charge in [-0.15, -0.1) is 0 Å². The van der Waals surface area contributed by atoms with Crippen LogP contribution in [0.1, 0.15) is 5.56 Å². The van der Waals surface area contributed by atoms with Gasteiger partial charge in [0.05, 0.1) is 11.8 Å². The molecule has 2 aromatic rings. The first-order valence-corrected chi connectivity index (χ1v) is 8.71. The molecule has 0 fully saturated rings. The van der Waals surface area contributed by atoms with Gasteiger partial charge in [0.2, 0.25) is 0 Å². The summed E-state index contributed by atoms with van der Waals surface area (Å²) in [5.41, 5.74) is 6.05. The number of hydrogen-bond acceptors (Lipinski definition) is 6. The maximum atomic E-state index is 11.0. The third-order valence-corrected chi connectivity index (χ3v) is 4.33. The molecule has 1 atom stereocenters. The van der Waals surface area contributed by atoms with E-state index in [0.717, 1.165) is 35.2 Å². The van der Waals surface area contributed by atoms with Gasteiger partial charge in [0.25, 0.3) is 5.24 Å². The summed E-state index contributed by atoms with van der Waals surface area (Å²) >= 11 is 0.842. The summed E-state index contributed by atoms with van der Waals surface area (Å²) in [7, 11) is 1.96. The fourth-order valence-corrected chi connectivity index (χ4v) is 2.85. The third-order valence-electron chi connectivity index (χ3n) is 3.52. The van der Waals surface area contributed by atoms with Crippen LogP contribution in [0.15, 0.2) is 48.7 Å². The smallest absolute Gasteiger partial charge is 0.277 e. The van der Waals surface area contributed by atoms with Gasteiger partial charge in [0.15, 0.2) is 0 Å². The largest absolute Gasteiger partial charge is 0.492 e. The molecule has 0 spiro atoms. The summed E-state index contributed by atoms with van der Waals surface area (Å²) in [6.07, 6.45) is 2.96. The predicted octanol–water partition coefficient (Wildman–Crippen LogP) is 2.52. The Hall–Kier alpha value is -2.54. The van der Waals surface area contributed by atoms with Gasteiger partial charge in [0.1, 0.15) is 24.5 Å². The van der Waals surface area contributed by atoms with Crippen molar-refractivity contribution >= 4 is 29.1 Å². The normalized spacial score (nSPS) is 11.6. The number of nitrogens with two attached hydrogens (primary N) is 1. The van der Waals surface area contributed by atoms with E-state index < -0.39 is 10.5 Å². The van der Waals surface area contributed by atoms with E-state index in [1.807, 2.05) is 54.4 Å². The molecule has 0 aliphatic rings.